The number of hydrogen-bond acceptors (Lipinski definition) is 8. The van der Waals surface area contributed by atoms with Crippen LogP contribution in [-0.2, 0) is 4.74 Å². The first-order chi connectivity index (χ1) is 15.1. The van der Waals surface area contributed by atoms with Gasteiger partial charge in [-0.1, -0.05) is 19.3 Å². The number of nitrogens with zero attached hydrogens (tertiary/aromatic N) is 4. The van der Waals surface area contributed by atoms with Gasteiger partial charge in [-0.05, 0) is 57.9 Å². The predicted octanol–water partition coefficient (Wildman–Crippen LogP) is 2.55. The minimum absolute atomic E-state index is 0.130. The zero-order chi connectivity index (χ0) is 21.4. The van der Waals surface area contributed by atoms with Gasteiger partial charge in [0.05, 0.1) is 18.5 Å². The highest BCUT2D eigenvalue weighted by Gasteiger charge is 2.43. The van der Waals surface area contributed by atoms with Gasteiger partial charge in [0.1, 0.15) is 12.2 Å². The van der Waals surface area contributed by atoms with Crippen molar-refractivity contribution in [1.82, 2.24) is 24.8 Å². The maximum atomic E-state index is 11.1. The monoisotopic (exact) mass is 430 g/mol. The fourth-order valence-corrected chi connectivity index (χ4v) is 5.36. The van der Waals surface area contributed by atoms with Crippen molar-refractivity contribution in [3.63, 3.8) is 0 Å². The zero-order valence-corrected chi connectivity index (χ0v) is 18.2. The third kappa shape index (κ3) is 4.23. The van der Waals surface area contributed by atoms with Gasteiger partial charge in [-0.3, -0.25) is 4.57 Å². The van der Waals surface area contributed by atoms with Gasteiger partial charge in [-0.15, -0.1) is 0 Å². The van der Waals surface area contributed by atoms with Gasteiger partial charge in [0.2, 0.25) is 0 Å². The smallest absolute Gasteiger partial charge is 0.320 e. The highest BCUT2D eigenvalue weighted by atomic mass is 16.5. The van der Waals surface area contributed by atoms with Crippen LogP contribution in [0.3, 0.4) is 0 Å². The van der Waals surface area contributed by atoms with E-state index < -0.39 is 12.3 Å². The summed E-state index contributed by atoms with van der Waals surface area (Å²) >= 11 is 0. The molecule has 170 valence electrons. The lowest BCUT2D eigenvalue weighted by Crippen LogP contribution is -2.45. The number of anilines is 1. The normalized spacial score (nSPS) is 30.4. The van der Waals surface area contributed by atoms with Crippen LogP contribution in [0.1, 0.15) is 70.9 Å². The van der Waals surface area contributed by atoms with Gasteiger partial charge in [-0.25, -0.2) is 4.98 Å². The Labute approximate surface area is 182 Å². The number of nitrogens with one attached hydrogen (secondary N) is 1. The Hall–Kier alpha value is -1.97. The molecule has 3 heterocycles. The number of hydrogen-bond donors (Lipinski definition) is 3. The maximum absolute atomic E-state index is 11.1. The Kier molecular flexibility index (Phi) is 5.99. The van der Waals surface area contributed by atoms with Gasteiger partial charge in [0, 0.05) is 0 Å². The molecule has 2 aromatic heterocycles. The first kappa shape index (κ1) is 20.9. The number of aliphatic hydroxyl groups excluding tert-OH is 1. The Balaban J connectivity index is 1.33. The van der Waals surface area contributed by atoms with Crippen LogP contribution >= 0.6 is 0 Å². The topological polar surface area (TPSA) is 120 Å². The number of nitrogens with two attached hydrogens (primary N) is 1. The number of ether oxygens (including phenoxy) is 2. The van der Waals surface area contributed by atoms with E-state index in [0.29, 0.717) is 17.1 Å². The summed E-state index contributed by atoms with van der Waals surface area (Å²) in [4.78, 5) is 13.3. The van der Waals surface area contributed by atoms with E-state index in [1.54, 1.807) is 10.9 Å². The number of imidazole rings is 1. The third-order valence-corrected chi connectivity index (χ3v) is 7.16. The van der Waals surface area contributed by atoms with Crippen LogP contribution in [0, 0.1) is 5.92 Å². The molecule has 3 fully saturated rings. The van der Waals surface area contributed by atoms with Crippen molar-refractivity contribution in [1.29, 1.82) is 0 Å². The van der Waals surface area contributed by atoms with E-state index in [9.17, 15) is 5.11 Å². The van der Waals surface area contributed by atoms with E-state index in [1.807, 2.05) is 6.92 Å². The van der Waals surface area contributed by atoms with Gasteiger partial charge >= 0.3 is 6.01 Å². The first-order valence-corrected chi connectivity index (χ1v) is 11.8. The number of fused-ring (bicyclic) bond motifs is 1. The Morgan fingerprint density at radius 3 is 2.68 bits per heavy atom. The average molecular weight is 431 g/mol. The molecule has 9 heteroatoms. The van der Waals surface area contributed by atoms with Crippen molar-refractivity contribution in [3.05, 3.63) is 6.33 Å². The molecule has 4 atom stereocenters. The summed E-state index contributed by atoms with van der Waals surface area (Å²) in [5.41, 5.74) is 7.17. The molecule has 0 radical (unpaired) electrons. The van der Waals surface area contributed by atoms with Gasteiger partial charge < -0.3 is 25.6 Å². The van der Waals surface area contributed by atoms with Crippen molar-refractivity contribution in [2.24, 2.45) is 5.92 Å². The SMILES string of the molecule is C[C@H]1O[C@@H](n2cnc3c(N)nc(OC4CCCC4)nc32)[C@H](O)[C@H]1NCC1CCCCC1. The quantitative estimate of drug-likeness (QED) is 0.639. The molecular formula is C22H34N6O3. The van der Waals surface area contributed by atoms with E-state index >= 15 is 0 Å². The number of aromatic nitrogens is 4. The molecule has 9 nitrogen and oxygen atoms in total. The summed E-state index contributed by atoms with van der Waals surface area (Å²) in [6.07, 6.45) is 11.2. The van der Waals surface area contributed by atoms with Crippen LogP contribution in [0.4, 0.5) is 5.82 Å². The van der Waals surface area contributed by atoms with Crippen LogP contribution in [-0.4, -0.2) is 55.5 Å². The molecule has 0 spiro atoms. The second kappa shape index (κ2) is 8.88. The maximum Gasteiger partial charge on any atom is 0.320 e. The summed E-state index contributed by atoms with van der Waals surface area (Å²) in [6, 6.07) is 0.129. The van der Waals surface area contributed by atoms with E-state index in [4.69, 9.17) is 15.2 Å². The molecule has 1 aliphatic heterocycles. The molecule has 0 aromatic carbocycles. The van der Waals surface area contributed by atoms with Gasteiger partial charge in [0.25, 0.3) is 0 Å². The standard InChI is InChI=1S/C22H34N6O3/c1-13-16(24-11-14-7-3-2-4-8-14)18(29)21(30-13)28-12-25-17-19(23)26-22(27-20(17)28)31-15-9-5-6-10-15/h12-16,18,21,24,29H,2-11H2,1H3,(H2,23,26,27)/t13-,16+,18-,21-/m1/s1. The predicted molar refractivity (Wildman–Crippen MR) is 117 cm³/mol. The third-order valence-electron chi connectivity index (χ3n) is 7.16. The van der Waals surface area contributed by atoms with E-state index in [1.165, 1.54) is 32.1 Å². The summed E-state index contributed by atoms with van der Waals surface area (Å²) in [5, 5.41) is 14.7. The van der Waals surface area contributed by atoms with Gasteiger partial charge in [0.15, 0.2) is 23.2 Å². The molecule has 4 N–H and O–H groups in total. The molecule has 1 saturated heterocycles. The van der Waals surface area contributed by atoms with Crippen molar-refractivity contribution < 1.29 is 14.6 Å². The summed E-state index contributed by atoms with van der Waals surface area (Å²) < 4.78 is 13.9. The fraction of sp³-hybridized carbons (Fsp3) is 0.773. The van der Waals surface area contributed by atoms with Crippen molar-refractivity contribution >= 4 is 17.0 Å². The second-order valence-corrected chi connectivity index (χ2v) is 9.40. The number of aliphatic hydroxyl groups is 1. The minimum Gasteiger partial charge on any atom is -0.460 e. The lowest BCUT2D eigenvalue weighted by molar-refractivity contribution is -0.0298. The lowest BCUT2D eigenvalue weighted by Gasteiger charge is -2.26. The van der Waals surface area contributed by atoms with Crippen LogP contribution < -0.4 is 15.8 Å². The summed E-state index contributed by atoms with van der Waals surface area (Å²) in [7, 11) is 0. The fourth-order valence-electron chi connectivity index (χ4n) is 5.36. The molecule has 0 bridgehead atoms. The van der Waals surface area contributed by atoms with Crippen LogP contribution in [0.5, 0.6) is 6.01 Å². The van der Waals surface area contributed by atoms with Crippen molar-refractivity contribution in [3.8, 4) is 6.01 Å². The summed E-state index contributed by atoms with van der Waals surface area (Å²) in [6.45, 7) is 2.92. The van der Waals surface area contributed by atoms with Crippen LogP contribution in [0.2, 0.25) is 0 Å². The van der Waals surface area contributed by atoms with Crippen LogP contribution in [0.15, 0.2) is 6.33 Å². The average Bonchev–Trinajstić information content (AvgIpc) is 3.48. The van der Waals surface area contributed by atoms with E-state index in [0.717, 1.165) is 32.2 Å². The van der Waals surface area contributed by atoms with E-state index in [2.05, 4.69) is 20.3 Å². The molecular weight excluding hydrogens is 396 g/mol. The van der Waals surface area contributed by atoms with Crippen molar-refractivity contribution in [2.45, 2.75) is 95.3 Å². The number of rotatable bonds is 6. The van der Waals surface area contributed by atoms with Crippen molar-refractivity contribution in [2.75, 3.05) is 12.3 Å². The second-order valence-electron chi connectivity index (χ2n) is 9.40. The molecule has 3 aliphatic rings. The molecule has 2 saturated carbocycles. The van der Waals surface area contributed by atoms with Crippen LogP contribution in [0.25, 0.3) is 11.2 Å². The highest BCUT2D eigenvalue weighted by molar-refractivity contribution is 5.82. The largest absolute Gasteiger partial charge is 0.460 e. The highest BCUT2D eigenvalue weighted by Crippen LogP contribution is 2.33. The molecule has 31 heavy (non-hydrogen) atoms. The van der Waals surface area contributed by atoms with Gasteiger partial charge in [-0.2, -0.15) is 9.97 Å². The Bertz CT molecular complexity index is 893. The summed E-state index contributed by atoms with van der Waals surface area (Å²) in [5.74, 6) is 0.966. The Morgan fingerprint density at radius 2 is 1.90 bits per heavy atom. The number of nitrogen functional groups attached to an aromatic ring is 1. The molecule has 0 amide bonds. The molecule has 5 rings (SSSR count). The lowest BCUT2D eigenvalue weighted by atomic mass is 9.89. The zero-order valence-electron chi connectivity index (χ0n) is 18.2. The molecule has 0 unspecified atom stereocenters. The Morgan fingerprint density at radius 1 is 1.16 bits per heavy atom. The minimum atomic E-state index is -0.716. The van der Waals surface area contributed by atoms with E-state index in [-0.39, 0.29) is 30.1 Å². The molecule has 2 aliphatic carbocycles. The first-order valence-electron chi connectivity index (χ1n) is 11.8. The molecule has 2 aromatic rings.